The summed E-state index contributed by atoms with van der Waals surface area (Å²) in [4.78, 5) is 15.0. The standard InChI is InChI=1S/C14H22N4O2/c1-15-13-10-9-12(18(19)20)14(17-13)16-11-7-5-3-2-4-6-8-11/h9-11H,2-8H2,1H3,(H2,15,16,17). The molecule has 0 spiro atoms. The highest BCUT2D eigenvalue weighted by atomic mass is 16.6. The van der Waals surface area contributed by atoms with Crippen LogP contribution in [0.5, 0.6) is 0 Å². The van der Waals surface area contributed by atoms with E-state index in [1.165, 1.54) is 38.2 Å². The molecule has 6 heteroatoms. The van der Waals surface area contributed by atoms with Gasteiger partial charge in [0.25, 0.3) is 0 Å². The van der Waals surface area contributed by atoms with Crippen LogP contribution in [0, 0.1) is 10.1 Å². The monoisotopic (exact) mass is 278 g/mol. The minimum absolute atomic E-state index is 0.0473. The molecule has 1 aliphatic carbocycles. The zero-order chi connectivity index (χ0) is 14.4. The first-order valence-electron chi connectivity index (χ1n) is 7.30. The van der Waals surface area contributed by atoms with Gasteiger partial charge in [0.05, 0.1) is 4.92 Å². The summed E-state index contributed by atoms with van der Waals surface area (Å²) in [6, 6.07) is 3.42. The zero-order valence-corrected chi connectivity index (χ0v) is 11.9. The molecule has 0 aliphatic heterocycles. The van der Waals surface area contributed by atoms with Gasteiger partial charge < -0.3 is 10.6 Å². The lowest BCUT2D eigenvalue weighted by Crippen LogP contribution is -2.22. The number of pyridine rings is 1. The largest absolute Gasteiger partial charge is 0.373 e. The van der Waals surface area contributed by atoms with Gasteiger partial charge in [0.1, 0.15) is 5.82 Å². The van der Waals surface area contributed by atoms with Crippen molar-refractivity contribution < 1.29 is 4.92 Å². The maximum atomic E-state index is 11.1. The van der Waals surface area contributed by atoms with E-state index in [0.29, 0.717) is 11.6 Å². The van der Waals surface area contributed by atoms with Crippen molar-refractivity contribution in [1.29, 1.82) is 0 Å². The Morgan fingerprint density at radius 1 is 1.20 bits per heavy atom. The fourth-order valence-corrected chi connectivity index (χ4v) is 2.64. The van der Waals surface area contributed by atoms with E-state index in [-0.39, 0.29) is 16.7 Å². The van der Waals surface area contributed by atoms with Gasteiger partial charge in [-0.2, -0.15) is 0 Å². The lowest BCUT2D eigenvalue weighted by Gasteiger charge is -2.21. The normalized spacial score (nSPS) is 17.1. The molecule has 110 valence electrons. The van der Waals surface area contributed by atoms with Crippen LogP contribution in [0.1, 0.15) is 44.9 Å². The SMILES string of the molecule is CNc1ccc([N+](=O)[O-])c(NC2CCCCCCC2)n1. The summed E-state index contributed by atoms with van der Waals surface area (Å²) in [5, 5.41) is 17.3. The van der Waals surface area contributed by atoms with Crippen molar-refractivity contribution in [3.63, 3.8) is 0 Å². The molecule has 20 heavy (non-hydrogen) atoms. The van der Waals surface area contributed by atoms with E-state index in [1.807, 2.05) is 0 Å². The van der Waals surface area contributed by atoms with Crippen LogP contribution >= 0.6 is 0 Å². The molecule has 0 aromatic carbocycles. The first kappa shape index (κ1) is 14.6. The summed E-state index contributed by atoms with van der Waals surface area (Å²) in [5.41, 5.74) is 0.0473. The number of anilines is 2. The number of nitrogens with zero attached hydrogens (tertiary/aromatic N) is 2. The van der Waals surface area contributed by atoms with E-state index in [9.17, 15) is 10.1 Å². The highest BCUT2D eigenvalue weighted by molar-refractivity contribution is 5.60. The predicted molar refractivity (Wildman–Crippen MR) is 80.2 cm³/mol. The average molecular weight is 278 g/mol. The lowest BCUT2D eigenvalue weighted by molar-refractivity contribution is -0.384. The summed E-state index contributed by atoms with van der Waals surface area (Å²) in [6.07, 6.45) is 8.29. The van der Waals surface area contributed by atoms with Crippen molar-refractivity contribution in [1.82, 2.24) is 4.98 Å². The van der Waals surface area contributed by atoms with Crippen LogP contribution in [0.25, 0.3) is 0 Å². The highest BCUT2D eigenvalue weighted by Gasteiger charge is 2.19. The molecule has 2 rings (SSSR count). The molecule has 0 atom stereocenters. The summed E-state index contributed by atoms with van der Waals surface area (Å²) < 4.78 is 0. The third-order valence-corrected chi connectivity index (χ3v) is 3.77. The fourth-order valence-electron chi connectivity index (χ4n) is 2.64. The van der Waals surface area contributed by atoms with E-state index in [2.05, 4.69) is 15.6 Å². The van der Waals surface area contributed by atoms with E-state index >= 15 is 0 Å². The second-order valence-corrected chi connectivity index (χ2v) is 5.26. The second-order valence-electron chi connectivity index (χ2n) is 5.26. The summed E-state index contributed by atoms with van der Waals surface area (Å²) >= 11 is 0. The summed E-state index contributed by atoms with van der Waals surface area (Å²) in [6.45, 7) is 0. The van der Waals surface area contributed by atoms with Gasteiger partial charge in [0, 0.05) is 19.2 Å². The van der Waals surface area contributed by atoms with Crippen molar-refractivity contribution in [3.8, 4) is 0 Å². The Balaban J connectivity index is 2.14. The molecule has 0 unspecified atom stereocenters. The molecule has 1 fully saturated rings. The van der Waals surface area contributed by atoms with Crippen molar-refractivity contribution in [2.24, 2.45) is 0 Å². The van der Waals surface area contributed by atoms with Gasteiger partial charge >= 0.3 is 5.69 Å². The number of nitrogens with one attached hydrogen (secondary N) is 2. The molecule has 1 aromatic heterocycles. The lowest BCUT2D eigenvalue weighted by atomic mass is 9.97. The summed E-state index contributed by atoms with van der Waals surface area (Å²) in [7, 11) is 1.76. The van der Waals surface area contributed by atoms with Gasteiger partial charge in [-0.05, 0) is 18.9 Å². The molecule has 1 heterocycles. The highest BCUT2D eigenvalue weighted by Crippen LogP contribution is 2.27. The van der Waals surface area contributed by atoms with Gasteiger partial charge in [0.15, 0.2) is 0 Å². The van der Waals surface area contributed by atoms with E-state index < -0.39 is 0 Å². The van der Waals surface area contributed by atoms with Crippen molar-refractivity contribution in [2.45, 2.75) is 51.0 Å². The molecule has 1 aromatic rings. The van der Waals surface area contributed by atoms with Gasteiger partial charge in [-0.25, -0.2) is 4.98 Å². The van der Waals surface area contributed by atoms with Crippen molar-refractivity contribution >= 4 is 17.3 Å². The van der Waals surface area contributed by atoms with E-state index in [0.717, 1.165) is 12.8 Å². The molecular weight excluding hydrogens is 256 g/mol. The quantitative estimate of drug-likeness (QED) is 0.650. The van der Waals surface area contributed by atoms with Crippen LogP contribution < -0.4 is 10.6 Å². The first-order valence-corrected chi connectivity index (χ1v) is 7.30. The Morgan fingerprint density at radius 3 is 2.45 bits per heavy atom. The Bertz CT molecular complexity index is 456. The minimum Gasteiger partial charge on any atom is -0.373 e. The molecule has 1 aliphatic rings. The predicted octanol–water partition coefficient (Wildman–Crippen LogP) is 3.56. The number of hydrogen-bond acceptors (Lipinski definition) is 5. The van der Waals surface area contributed by atoms with Crippen LogP contribution in [0.4, 0.5) is 17.3 Å². The summed E-state index contributed by atoms with van der Waals surface area (Å²) in [5.74, 6) is 1.02. The Hall–Kier alpha value is -1.85. The fraction of sp³-hybridized carbons (Fsp3) is 0.643. The van der Waals surface area contributed by atoms with Gasteiger partial charge in [-0.3, -0.25) is 10.1 Å². The molecule has 1 saturated carbocycles. The van der Waals surface area contributed by atoms with Crippen LogP contribution in [0.3, 0.4) is 0 Å². The molecule has 0 radical (unpaired) electrons. The zero-order valence-electron chi connectivity index (χ0n) is 11.9. The van der Waals surface area contributed by atoms with Crippen LogP contribution in [0.15, 0.2) is 12.1 Å². The third-order valence-electron chi connectivity index (χ3n) is 3.77. The Morgan fingerprint density at radius 2 is 1.85 bits per heavy atom. The molecule has 0 amide bonds. The maximum Gasteiger partial charge on any atom is 0.311 e. The Kier molecular flexibility index (Phi) is 5.15. The smallest absolute Gasteiger partial charge is 0.311 e. The first-order chi connectivity index (χ1) is 9.70. The Labute approximate surface area is 119 Å². The number of rotatable bonds is 4. The number of nitro groups is 1. The van der Waals surface area contributed by atoms with Crippen LogP contribution in [0.2, 0.25) is 0 Å². The average Bonchev–Trinajstić information content (AvgIpc) is 2.41. The number of hydrogen-bond donors (Lipinski definition) is 2. The van der Waals surface area contributed by atoms with Gasteiger partial charge in [-0.15, -0.1) is 0 Å². The molecule has 0 bridgehead atoms. The molecular formula is C14H22N4O2. The maximum absolute atomic E-state index is 11.1. The van der Waals surface area contributed by atoms with Crippen LogP contribution in [-0.2, 0) is 0 Å². The van der Waals surface area contributed by atoms with Crippen molar-refractivity contribution in [2.75, 3.05) is 17.7 Å². The topological polar surface area (TPSA) is 80.1 Å². The molecule has 2 N–H and O–H groups in total. The van der Waals surface area contributed by atoms with Gasteiger partial charge in [-0.1, -0.05) is 32.1 Å². The van der Waals surface area contributed by atoms with Crippen molar-refractivity contribution in [3.05, 3.63) is 22.2 Å². The third kappa shape index (κ3) is 3.82. The second kappa shape index (κ2) is 7.07. The van der Waals surface area contributed by atoms with Gasteiger partial charge in [0.2, 0.25) is 5.82 Å². The number of aromatic nitrogens is 1. The molecule has 6 nitrogen and oxygen atoms in total. The minimum atomic E-state index is -0.377. The molecule has 0 saturated heterocycles. The van der Waals surface area contributed by atoms with Crippen LogP contribution in [-0.4, -0.2) is 23.0 Å². The van der Waals surface area contributed by atoms with E-state index in [4.69, 9.17) is 0 Å². The van der Waals surface area contributed by atoms with E-state index in [1.54, 1.807) is 13.1 Å².